The van der Waals surface area contributed by atoms with Crippen molar-refractivity contribution in [1.29, 1.82) is 0 Å². The summed E-state index contributed by atoms with van der Waals surface area (Å²) in [5.41, 5.74) is 0. The van der Waals surface area contributed by atoms with Crippen molar-refractivity contribution in [3.63, 3.8) is 0 Å². The number of aromatic nitrogens is 4. The van der Waals surface area contributed by atoms with Crippen molar-refractivity contribution in [2.45, 2.75) is 6.92 Å². The maximum Gasteiger partial charge on any atom is 0.318 e. The predicted octanol–water partition coefficient (Wildman–Crippen LogP) is -0.777. The third-order valence-electron chi connectivity index (χ3n) is 1.15. The van der Waals surface area contributed by atoms with Crippen LogP contribution in [0.4, 0.5) is 0 Å². The number of rotatable bonds is 3. The number of nitrogens with zero attached hydrogens (tertiary/aromatic N) is 4. The number of carbonyl (C=O) groups is 1. The van der Waals surface area contributed by atoms with Gasteiger partial charge in [-0.1, -0.05) is 0 Å². The lowest BCUT2D eigenvalue weighted by molar-refractivity contribution is -0.101. The molecule has 0 aliphatic carbocycles. The Morgan fingerprint density at radius 3 is 3.00 bits per heavy atom. The minimum absolute atomic E-state index is 0.00838. The second kappa shape index (κ2) is 3.77. The van der Waals surface area contributed by atoms with Crippen molar-refractivity contribution in [3.05, 3.63) is 5.82 Å². The molecule has 66 valence electrons. The van der Waals surface area contributed by atoms with Crippen LogP contribution in [0.3, 0.4) is 0 Å². The van der Waals surface area contributed by atoms with Crippen molar-refractivity contribution in [1.82, 2.24) is 25.7 Å². The molecule has 1 N–H and O–H groups in total. The van der Waals surface area contributed by atoms with Gasteiger partial charge in [0, 0.05) is 7.05 Å². The van der Waals surface area contributed by atoms with Crippen LogP contribution >= 0.6 is 0 Å². The lowest BCUT2D eigenvalue weighted by Gasteiger charge is -2.12. The maximum absolute atomic E-state index is 11.2. The van der Waals surface area contributed by atoms with Gasteiger partial charge in [-0.3, -0.25) is 9.63 Å². The zero-order valence-electron chi connectivity index (χ0n) is 6.81. The molecule has 7 heteroatoms. The molecule has 0 unspecified atom stereocenters. The molecule has 0 bridgehead atoms. The second-order valence-electron chi connectivity index (χ2n) is 1.96. The van der Waals surface area contributed by atoms with E-state index in [-0.39, 0.29) is 5.82 Å². The Morgan fingerprint density at radius 2 is 2.50 bits per heavy atom. The van der Waals surface area contributed by atoms with Crippen LogP contribution in [0.5, 0.6) is 0 Å². The minimum atomic E-state index is -0.425. The highest BCUT2D eigenvalue weighted by Crippen LogP contribution is 1.93. The van der Waals surface area contributed by atoms with E-state index in [0.717, 1.165) is 5.06 Å². The maximum atomic E-state index is 11.2. The number of hydrogen-bond donors (Lipinski definition) is 1. The molecule has 0 spiro atoms. The topological polar surface area (TPSA) is 84.0 Å². The fourth-order valence-corrected chi connectivity index (χ4v) is 0.645. The van der Waals surface area contributed by atoms with Gasteiger partial charge in [-0.2, -0.15) is 5.21 Å². The summed E-state index contributed by atoms with van der Waals surface area (Å²) >= 11 is 0. The van der Waals surface area contributed by atoms with Crippen molar-refractivity contribution in [2.24, 2.45) is 0 Å². The van der Waals surface area contributed by atoms with Gasteiger partial charge in [0.15, 0.2) is 0 Å². The van der Waals surface area contributed by atoms with Gasteiger partial charge < -0.3 is 0 Å². The molecule has 12 heavy (non-hydrogen) atoms. The predicted molar refractivity (Wildman–Crippen MR) is 37.9 cm³/mol. The molecule has 1 aromatic heterocycles. The van der Waals surface area contributed by atoms with Gasteiger partial charge >= 0.3 is 5.91 Å². The Hall–Kier alpha value is -1.50. The van der Waals surface area contributed by atoms with Crippen LogP contribution < -0.4 is 0 Å². The summed E-state index contributed by atoms with van der Waals surface area (Å²) in [4.78, 5) is 16.1. The summed E-state index contributed by atoms with van der Waals surface area (Å²) in [6.45, 7) is 2.19. The van der Waals surface area contributed by atoms with E-state index in [1.807, 2.05) is 0 Å². The van der Waals surface area contributed by atoms with Crippen molar-refractivity contribution < 1.29 is 9.63 Å². The third-order valence-corrected chi connectivity index (χ3v) is 1.15. The van der Waals surface area contributed by atoms with Crippen molar-refractivity contribution in [2.75, 3.05) is 13.7 Å². The largest absolute Gasteiger partial charge is 0.318 e. The molecule has 0 radical (unpaired) electrons. The summed E-state index contributed by atoms with van der Waals surface area (Å²) in [5, 5.41) is 13.5. The summed E-state index contributed by atoms with van der Waals surface area (Å²) in [6.07, 6.45) is 0. The molecule has 1 heterocycles. The van der Waals surface area contributed by atoms with Gasteiger partial charge in [0.1, 0.15) is 0 Å². The normalized spacial score (nSPS) is 9.83. The minimum Gasteiger partial charge on any atom is -0.271 e. The quantitative estimate of drug-likeness (QED) is 0.603. The van der Waals surface area contributed by atoms with Crippen LogP contribution in [0, 0.1) is 0 Å². The number of tetrazole rings is 1. The molecular weight excluding hydrogens is 162 g/mol. The first-order chi connectivity index (χ1) is 5.75. The van der Waals surface area contributed by atoms with Crippen LogP contribution in [-0.2, 0) is 4.84 Å². The van der Waals surface area contributed by atoms with Gasteiger partial charge in [0.05, 0.1) is 6.61 Å². The lowest BCUT2D eigenvalue weighted by atomic mass is 10.6. The van der Waals surface area contributed by atoms with E-state index in [1.54, 1.807) is 6.92 Å². The molecule has 0 saturated heterocycles. The van der Waals surface area contributed by atoms with Gasteiger partial charge in [0.25, 0.3) is 5.82 Å². The number of amides is 1. The number of carbonyl (C=O) groups excluding carboxylic acids is 1. The number of hydroxylamine groups is 2. The fourth-order valence-electron chi connectivity index (χ4n) is 0.645. The second-order valence-corrected chi connectivity index (χ2v) is 1.96. The van der Waals surface area contributed by atoms with Crippen LogP contribution in [0.25, 0.3) is 0 Å². The molecule has 1 amide bonds. The van der Waals surface area contributed by atoms with Crippen LogP contribution in [0.2, 0.25) is 0 Å². The van der Waals surface area contributed by atoms with E-state index in [9.17, 15) is 4.79 Å². The van der Waals surface area contributed by atoms with Crippen molar-refractivity contribution >= 4 is 5.91 Å². The van der Waals surface area contributed by atoms with Gasteiger partial charge in [0.2, 0.25) is 0 Å². The Morgan fingerprint density at radius 1 is 1.75 bits per heavy atom. The highest BCUT2D eigenvalue weighted by Gasteiger charge is 2.15. The average molecular weight is 171 g/mol. The number of aromatic amines is 1. The number of hydrogen-bond acceptors (Lipinski definition) is 5. The van der Waals surface area contributed by atoms with Crippen molar-refractivity contribution in [3.8, 4) is 0 Å². The number of nitrogens with one attached hydrogen (secondary N) is 1. The van der Waals surface area contributed by atoms with Crippen LogP contribution in [0.15, 0.2) is 0 Å². The Balaban J connectivity index is 2.59. The van der Waals surface area contributed by atoms with E-state index in [0.29, 0.717) is 6.61 Å². The zero-order valence-corrected chi connectivity index (χ0v) is 6.81. The SMILES string of the molecule is CCON(C)C(=O)c1nn[nH]n1. The molecule has 0 aliphatic heterocycles. The molecule has 0 fully saturated rings. The standard InChI is InChI=1S/C5H9N5O2/c1-3-12-10(2)5(11)4-6-8-9-7-4/h3H2,1-2H3,(H,6,7,8,9). The van der Waals surface area contributed by atoms with Gasteiger partial charge in [-0.05, 0) is 12.1 Å². The zero-order chi connectivity index (χ0) is 8.97. The molecule has 7 nitrogen and oxygen atoms in total. The first kappa shape index (κ1) is 8.60. The lowest BCUT2D eigenvalue weighted by Crippen LogP contribution is -2.27. The highest BCUT2D eigenvalue weighted by molar-refractivity contribution is 5.89. The fraction of sp³-hybridized carbons (Fsp3) is 0.600. The molecule has 0 aliphatic rings. The molecule has 0 aromatic carbocycles. The Labute approximate surface area is 68.7 Å². The Kier molecular flexibility index (Phi) is 2.70. The summed E-state index contributed by atoms with van der Waals surface area (Å²) in [6, 6.07) is 0. The van der Waals surface area contributed by atoms with Gasteiger partial charge in [-0.25, -0.2) is 5.06 Å². The van der Waals surface area contributed by atoms with E-state index >= 15 is 0 Å². The summed E-state index contributed by atoms with van der Waals surface area (Å²) in [7, 11) is 1.49. The summed E-state index contributed by atoms with van der Waals surface area (Å²) in [5.74, 6) is -0.434. The monoisotopic (exact) mass is 171 g/mol. The Bertz CT molecular complexity index is 246. The summed E-state index contributed by atoms with van der Waals surface area (Å²) < 4.78 is 0. The third kappa shape index (κ3) is 1.76. The van der Waals surface area contributed by atoms with Crippen LogP contribution in [-0.4, -0.2) is 45.2 Å². The van der Waals surface area contributed by atoms with E-state index < -0.39 is 5.91 Å². The highest BCUT2D eigenvalue weighted by atomic mass is 16.7. The molecule has 1 aromatic rings. The van der Waals surface area contributed by atoms with E-state index in [1.165, 1.54) is 7.05 Å². The van der Waals surface area contributed by atoms with Gasteiger partial charge in [-0.15, -0.1) is 10.2 Å². The first-order valence-electron chi connectivity index (χ1n) is 3.40. The van der Waals surface area contributed by atoms with E-state index in [4.69, 9.17) is 4.84 Å². The molecule has 0 saturated carbocycles. The number of H-pyrrole nitrogens is 1. The smallest absolute Gasteiger partial charge is 0.271 e. The molecular formula is C5H9N5O2. The molecule has 0 atom stereocenters. The van der Waals surface area contributed by atoms with E-state index in [2.05, 4.69) is 20.6 Å². The molecule has 1 rings (SSSR count). The van der Waals surface area contributed by atoms with Crippen LogP contribution in [0.1, 0.15) is 17.5 Å². The average Bonchev–Trinajstić information content (AvgIpc) is 2.55. The first-order valence-corrected chi connectivity index (χ1v) is 3.40.